The minimum atomic E-state index is -3.36. The molecule has 2 heterocycles. The molecule has 1 aromatic rings. The first-order valence-electron chi connectivity index (χ1n) is 5.11. The highest BCUT2D eigenvalue weighted by atomic mass is 32.2. The molecule has 7 nitrogen and oxygen atoms in total. The Morgan fingerprint density at radius 2 is 2.19 bits per heavy atom. The fourth-order valence-corrected chi connectivity index (χ4v) is 2.71. The molecule has 1 saturated heterocycles. The van der Waals surface area contributed by atoms with E-state index in [-0.39, 0.29) is 6.54 Å². The van der Waals surface area contributed by atoms with Gasteiger partial charge in [0.15, 0.2) is 0 Å². The van der Waals surface area contributed by atoms with E-state index < -0.39 is 10.2 Å². The van der Waals surface area contributed by atoms with Gasteiger partial charge in [-0.25, -0.2) is 4.98 Å². The van der Waals surface area contributed by atoms with Gasteiger partial charge in [-0.15, -0.1) is 0 Å². The van der Waals surface area contributed by atoms with Crippen LogP contribution < -0.4 is 10.0 Å². The monoisotopic (exact) mass is 245 g/mol. The van der Waals surface area contributed by atoms with Crippen LogP contribution in [-0.4, -0.2) is 48.9 Å². The van der Waals surface area contributed by atoms with E-state index in [9.17, 15) is 8.42 Å². The second-order valence-electron chi connectivity index (χ2n) is 3.55. The van der Waals surface area contributed by atoms with E-state index in [0.717, 1.165) is 5.69 Å². The van der Waals surface area contributed by atoms with Crippen LogP contribution in [0, 0.1) is 0 Å². The zero-order chi connectivity index (χ0) is 11.4. The predicted molar refractivity (Wildman–Crippen MR) is 58.8 cm³/mol. The molecule has 90 valence electrons. The van der Waals surface area contributed by atoms with Crippen LogP contribution in [0.4, 0.5) is 0 Å². The minimum Gasteiger partial charge on any atom is -0.347 e. The molecule has 0 unspecified atom stereocenters. The van der Waals surface area contributed by atoms with Gasteiger partial charge >= 0.3 is 0 Å². The fraction of sp³-hybridized carbons (Fsp3) is 0.625. The third-order valence-electron chi connectivity index (χ3n) is 2.42. The molecule has 0 aliphatic carbocycles. The molecule has 0 spiro atoms. The van der Waals surface area contributed by atoms with Gasteiger partial charge in [-0.1, -0.05) is 0 Å². The molecule has 0 saturated carbocycles. The molecule has 3 N–H and O–H groups in total. The van der Waals surface area contributed by atoms with Crippen molar-refractivity contribution < 1.29 is 8.42 Å². The highest BCUT2D eigenvalue weighted by Crippen LogP contribution is 2.01. The maximum absolute atomic E-state index is 11.8. The molecule has 0 amide bonds. The molecule has 1 aliphatic heterocycles. The molecule has 0 aromatic carbocycles. The van der Waals surface area contributed by atoms with E-state index in [1.807, 2.05) is 0 Å². The normalized spacial score (nSPS) is 18.8. The van der Waals surface area contributed by atoms with Gasteiger partial charge in [0, 0.05) is 38.1 Å². The van der Waals surface area contributed by atoms with Crippen molar-refractivity contribution in [1.82, 2.24) is 24.3 Å². The van der Waals surface area contributed by atoms with E-state index in [2.05, 4.69) is 20.0 Å². The lowest BCUT2D eigenvalue weighted by Gasteiger charge is -2.26. The molecule has 0 radical (unpaired) electrons. The van der Waals surface area contributed by atoms with E-state index in [0.29, 0.717) is 26.2 Å². The number of nitrogens with zero attached hydrogens (tertiary/aromatic N) is 2. The maximum Gasteiger partial charge on any atom is 0.279 e. The third kappa shape index (κ3) is 2.79. The first kappa shape index (κ1) is 11.5. The largest absolute Gasteiger partial charge is 0.347 e. The van der Waals surface area contributed by atoms with Gasteiger partial charge in [-0.05, 0) is 0 Å². The highest BCUT2D eigenvalue weighted by Gasteiger charge is 2.22. The van der Waals surface area contributed by atoms with Crippen molar-refractivity contribution in [2.24, 2.45) is 0 Å². The number of piperazine rings is 1. The minimum absolute atomic E-state index is 0.242. The number of rotatable bonds is 4. The second kappa shape index (κ2) is 4.91. The average molecular weight is 245 g/mol. The summed E-state index contributed by atoms with van der Waals surface area (Å²) in [5.74, 6) is 0. The first-order valence-corrected chi connectivity index (χ1v) is 6.55. The Labute approximate surface area is 94.4 Å². The van der Waals surface area contributed by atoms with Crippen LogP contribution in [0.3, 0.4) is 0 Å². The average Bonchev–Trinajstić information content (AvgIpc) is 2.81. The van der Waals surface area contributed by atoms with Crippen molar-refractivity contribution >= 4 is 10.2 Å². The van der Waals surface area contributed by atoms with Gasteiger partial charge in [-0.3, -0.25) is 0 Å². The number of nitrogens with one attached hydrogen (secondary N) is 3. The quantitative estimate of drug-likeness (QED) is 0.612. The van der Waals surface area contributed by atoms with Crippen LogP contribution in [-0.2, 0) is 16.8 Å². The standard InChI is InChI=1S/C8H15N5O2S/c14-16(15,13-3-1-9-2-4-13)12-6-8-5-10-7-11-8/h5,7,9,12H,1-4,6H2,(H,10,11). The SMILES string of the molecule is O=S(=O)(NCc1cnc[nH]1)N1CCNCC1. The molecule has 8 heteroatoms. The summed E-state index contributed by atoms with van der Waals surface area (Å²) >= 11 is 0. The summed E-state index contributed by atoms with van der Waals surface area (Å²) in [7, 11) is -3.36. The van der Waals surface area contributed by atoms with Crippen LogP contribution in [0.15, 0.2) is 12.5 Å². The van der Waals surface area contributed by atoms with Crippen LogP contribution in [0.1, 0.15) is 5.69 Å². The highest BCUT2D eigenvalue weighted by molar-refractivity contribution is 7.87. The zero-order valence-electron chi connectivity index (χ0n) is 8.81. The Bertz CT molecular complexity index is 410. The number of hydrogen-bond donors (Lipinski definition) is 3. The van der Waals surface area contributed by atoms with Gasteiger partial charge in [-0.2, -0.15) is 17.4 Å². The number of H-pyrrole nitrogens is 1. The van der Waals surface area contributed by atoms with Gasteiger partial charge in [0.1, 0.15) is 0 Å². The van der Waals surface area contributed by atoms with E-state index in [4.69, 9.17) is 0 Å². The lowest BCUT2D eigenvalue weighted by Crippen LogP contribution is -2.50. The summed E-state index contributed by atoms with van der Waals surface area (Å²) in [6.07, 6.45) is 3.12. The fourth-order valence-electron chi connectivity index (χ4n) is 1.53. The van der Waals surface area contributed by atoms with Gasteiger partial charge in [0.05, 0.1) is 12.9 Å². The van der Waals surface area contributed by atoms with Crippen molar-refractivity contribution in [3.05, 3.63) is 18.2 Å². The molecule has 0 bridgehead atoms. The van der Waals surface area contributed by atoms with E-state index in [1.54, 1.807) is 6.20 Å². The molecule has 0 atom stereocenters. The summed E-state index contributed by atoms with van der Waals surface area (Å²) < 4.78 is 27.6. The maximum atomic E-state index is 11.8. The molecule has 2 rings (SSSR count). The van der Waals surface area contributed by atoms with E-state index >= 15 is 0 Å². The van der Waals surface area contributed by atoms with Crippen LogP contribution in [0.2, 0.25) is 0 Å². The van der Waals surface area contributed by atoms with Gasteiger partial charge in [0.25, 0.3) is 10.2 Å². The summed E-state index contributed by atoms with van der Waals surface area (Å²) in [6, 6.07) is 0. The van der Waals surface area contributed by atoms with Crippen LogP contribution >= 0.6 is 0 Å². The number of aromatic amines is 1. The molecule has 16 heavy (non-hydrogen) atoms. The van der Waals surface area contributed by atoms with Crippen molar-refractivity contribution in [3.8, 4) is 0 Å². The predicted octanol–water partition coefficient (Wildman–Crippen LogP) is -1.35. The third-order valence-corrected chi connectivity index (χ3v) is 3.97. The summed E-state index contributed by atoms with van der Waals surface area (Å²) in [5, 5.41) is 3.11. The van der Waals surface area contributed by atoms with Crippen molar-refractivity contribution in [1.29, 1.82) is 0 Å². The lowest BCUT2D eigenvalue weighted by molar-refractivity contribution is 0.354. The second-order valence-corrected chi connectivity index (χ2v) is 5.31. The molecular weight excluding hydrogens is 230 g/mol. The molecule has 1 aliphatic rings. The van der Waals surface area contributed by atoms with Crippen molar-refractivity contribution in [2.45, 2.75) is 6.54 Å². The topological polar surface area (TPSA) is 90.1 Å². The Morgan fingerprint density at radius 3 is 2.81 bits per heavy atom. The number of hydrogen-bond acceptors (Lipinski definition) is 4. The van der Waals surface area contributed by atoms with Gasteiger partial charge in [0.2, 0.25) is 0 Å². The Hall–Kier alpha value is -0.960. The van der Waals surface area contributed by atoms with Crippen molar-refractivity contribution in [3.63, 3.8) is 0 Å². The molecule has 1 fully saturated rings. The van der Waals surface area contributed by atoms with E-state index in [1.165, 1.54) is 10.6 Å². The van der Waals surface area contributed by atoms with Crippen LogP contribution in [0.5, 0.6) is 0 Å². The first-order chi connectivity index (χ1) is 7.68. The Kier molecular flexibility index (Phi) is 3.54. The Balaban J connectivity index is 1.91. The zero-order valence-corrected chi connectivity index (χ0v) is 9.63. The Morgan fingerprint density at radius 1 is 1.44 bits per heavy atom. The smallest absolute Gasteiger partial charge is 0.279 e. The summed E-state index contributed by atoms with van der Waals surface area (Å²) in [4.78, 5) is 6.67. The molecule has 1 aromatic heterocycles. The summed E-state index contributed by atoms with van der Waals surface area (Å²) in [5.41, 5.74) is 0.749. The lowest BCUT2D eigenvalue weighted by atomic mass is 10.4. The van der Waals surface area contributed by atoms with Gasteiger partial charge < -0.3 is 10.3 Å². The number of aromatic nitrogens is 2. The van der Waals surface area contributed by atoms with Crippen molar-refractivity contribution in [2.75, 3.05) is 26.2 Å². The molecular formula is C8H15N5O2S. The van der Waals surface area contributed by atoms with Crippen LogP contribution in [0.25, 0.3) is 0 Å². The summed E-state index contributed by atoms with van der Waals surface area (Å²) in [6.45, 7) is 2.67. The number of imidazole rings is 1.